The number of hydrogen-bond donors (Lipinski definition) is 2. The van der Waals surface area contributed by atoms with Crippen molar-refractivity contribution in [1.29, 1.82) is 0 Å². The van der Waals surface area contributed by atoms with Gasteiger partial charge in [-0.3, -0.25) is 0 Å². The van der Waals surface area contributed by atoms with E-state index in [4.69, 9.17) is 5.73 Å². The number of aliphatic hydroxyl groups is 1. The first-order valence-electron chi connectivity index (χ1n) is 6.61. The fraction of sp³-hybridized carbons (Fsp3) is 0.733. The van der Waals surface area contributed by atoms with Gasteiger partial charge in [-0.1, -0.05) is 23.8 Å². The molecule has 0 aromatic carbocycles. The molecule has 0 fully saturated rings. The normalized spacial score (nSPS) is 25.9. The van der Waals surface area contributed by atoms with Crippen LogP contribution in [0.15, 0.2) is 23.8 Å². The van der Waals surface area contributed by atoms with Crippen LogP contribution in [0.5, 0.6) is 0 Å². The van der Waals surface area contributed by atoms with Gasteiger partial charge in [0.05, 0.1) is 6.10 Å². The molecule has 0 aromatic rings. The van der Waals surface area contributed by atoms with Crippen LogP contribution < -0.4 is 5.73 Å². The maximum atomic E-state index is 9.76. The summed E-state index contributed by atoms with van der Waals surface area (Å²) in [7, 11) is 0. The van der Waals surface area contributed by atoms with Gasteiger partial charge in [-0.05, 0) is 58.8 Å². The third-order valence-electron chi connectivity index (χ3n) is 4.10. The van der Waals surface area contributed by atoms with E-state index in [9.17, 15) is 5.11 Å². The molecule has 3 N–H and O–H groups in total. The first kappa shape index (κ1) is 14.5. The quantitative estimate of drug-likeness (QED) is 0.721. The van der Waals surface area contributed by atoms with Crippen molar-refractivity contribution in [2.24, 2.45) is 11.7 Å². The minimum Gasteiger partial charge on any atom is -0.389 e. The number of aliphatic hydroxyl groups excluding tert-OH is 1. The molecular formula is C15H27NO. The highest BCUT2D eigenvalue weighted by atomic mass is 16.3. The molecule has 0 bridgehead atoms. The number of hydrogen-bond acceptors (Lipinski definition) is 2. The fourth-order valence-electron chi connectivity index (χ4n) is 2.46. The summed E-state index contributed by atoms with van der Waals surface area (Å²) in [6.45, 7) is 9.96. The molecule has 1 rings (SSSR count). The van der Waals surface area contributed by atoms with Crippen molar-refractivity contribution in [2.45, 2.75) is 64.5 Å². The predicted octanol–water partition coefficient (Wildman–Crippen LogP) is 3.17. The van der Waals surface area contributed by atoms with E-state index in [-0.39, 0.29) is 5.54 Å². The lowest BCUT2D eigenvalue weighted by atomic mass is 9.74. The maximum absolute atomic E-state index is 9.76. The van der Waals surface area contributed by atoms with Crippen LogP contribution in [-0.4, -0.2) is 16.7 Å². The minimum atomic E-state index is -0.404. The van der Waals surface area contributed by atoms with Crippen LogP contribution >= 0.6 is 0 Å². The summed E-state index contributed by atoms with van der Waals surface area (Å²) in [5.74, 6) is 0.545. The van der Waals surface area contributed by atoms with E-state index in [2.05, 4.69) is 26.5 Å². The van der Waals surface area contributed by atoms with Gasteiger partial charge in [0.25, 0.3) is 0 Å². The standard InChI is InChI=1S/C15H27NO/c1-11(2)14(17)9-10-15(4,16)13-7-5-12(3)6-8-13/h5,13-14,17H,1,6-10,16H2,2-4H3/t13-,14+,15-/m0/s1. The van der Waals surface area contributed by atoms with Gasteiger partial charge < -0.3 is 10.8 Å². The monoisotopic (exact) mass is 237 g/mol. The smallest absolute Gasteiger partial charge is 0.0745 e. The summed E-state index contributed by atoms with van der Waals surface area (Å²) in [6.07, 6.45) is 6.92. The largest absolute Gasteiger partial charge is 0.389 e. The average Bonchev–Trinajstić information content (AvgIpc) is 2.26. The van der Waals surface area contributed by atoms with Crippen molar-refractivity contribution in [1.82, 2.24) is 0 Å². The highest BCUT2D eigenvalue weighted by Gasteiger charge is 2.30. The second kappa shape index (κ2) is 5.83. The Bertz CT molecular complexity index is 304. The molecule has 98 valence electrons. The molecule has 2 nitrogen and oxygen atoms in total. The van der Waals surface area contributed by atoms with Gasteiger partial charge in [0.15, 0.2) is 0 Å². The summed E-state index contributed by atoms with van der Waals surface area (Å²) in [5, 5.41) is 9.76. The number of rotatable bonds is 5. The molecule has 3 atom stereocenters. The molecule has 0 spiro atoms. The SMILES string of the molecule is C=C(C)[C@H](O)CC[C@](C)(N)[C@H]1CC=C(C)CC1. The minimum absolute atomic E-state index is 0.173. The third kappa shape index (κ3) is 4.29. The molecule has 0 aliphatic heterocycles. The summed E-state index contributed by atoms with van der Waals surface area (Å²) in [4.78, 5) is 0. The first-order chi connectivity index (χ1) is 7.83. The Hall–Kier alpha value is -0.600. The second-order valence-corrected chi connectivity index (χ2v) is 5.93. The van der Waals surface area contributed by atoms with Gasteiger partial charge >= 0.3 is 0 Å². The average molecular weight is 237 g/mol. The molecule has 0 amide bonds. The van der Waals surface area contributed by atoms with E-state index in [1.807, 2.05) is 6.92 Å². The molecule has 0 saturated heterocycles. The second-order valence-electron chi connectivity index (χ2n) is 5.93. The van der Waals surface area contributed by atoms with E-state index in [1.54, 1.807) is 0 Å². The highest BCUT2D eigenvalue weighted by Crippen LogP contribution is 2.33. The van der Waals surface area contributed by atoms with Crippen LogP contribution in [0.2, 0.25) is 0 Å². The molecule has 0 unspecified atom stereocenters. The van der Waals surface area contributed by atoms with E-state index >= 15 is 0 Å². The summed E-state index contributed by atoms with van der Waals surface area (Å²) in [5.41, 5.74) is 8.56. The van der Waals surface area contributed by atoms with Crippen molar-refractivity contribution in [3.8, 4) is 0 Å². The van der Waals surface area contributed by atoms with Crippen LogP contribution in [0, 0.1) is 5.92 Å². The number of allylic oxidation sites excluding steroid dienone is 2. The van der Waals surface area contributed by atoms with Gasteiger partial charge in [-0.15, -0.1) is 0 Å². The van der Waals surface area contributed by atoms with Gasteiger partial charge in [0.2, 0.25) is 0 Å². The Labute approximate surface area is 106 Å². The van der Waals surface area contributed by atoms with E-state index in [0.29, 0.717) is 5.92 Å². The molecule has 1 aliphatic rings. The lowest BCUT2D eigenvalue weighted by molar-refractivity contribution is 0.166. The van der Waals surface area contributed by atoms with Crippen molar-refractivity contribution in [3.05, 3.63) is 23.8 Å². The van der Waals surface area contributed by atoms with Crippen LogP contribution in [0.3, 0.4) is 0 Å². The van der Waals surface area contributed by atoms with Crippen LogP contribution in [0.25, 0.3) is 0 Å². The zero-order valence-electron chi connectivity index (χ0n) is 11.5. The van der Waals surface area contributed by atoms with E-state index < -0.39 is 6.10 Å². The zero-order valence-corrected chi connectivity index (χ0v) is 11.5. The molecule has 0 aromatic heterocycles. The molecule has 17 heavy (non-hydrogen) atoms. The number of nitrogens with two attached hydrogens (primary N) is 1. The molecular weight excluding hydrogens is 210 g/mol. The topological polar surface area (TPSA) is 46.2 Å². The van der Waals surface area contributed by atoms with Gasteiger partial charge in [-0.25, -0.2) is 0 Å². The summed E-state index contributed by atoms with van der Waals surface area (Å²) < 4.78 is 0. The Morgan fingerprint density at radius 2 is 2.35 bits per heavy atom. The molecule has 0 radical (unpaired) electrons. The van der Waals surface area contributed by atoms with Crippen molar-refractivity contribution in [2.75, 3.05) is 0 Å². The molecule has 2 heteroatoms. The maximum Gasteiger partial charge on any atom is 0.0745 e. The van der Waals surface area contributed by atoms with Gasteiger partial charge in [0.1, 0.15) is 0 Å². The van der Waals surface area contributed by atoms with Crippen molar-refractivity contribution in [3.63, 3.8) is 0 Å². The van der Waals surface area contributed by atoms with Gasteiger partial charge in [-0.2, -0.15) is 0 Å². The van der Waals surface area contributed by atoms with Crippen molar-refractivity contribution >= 4 is 0 Å². The Kier molecular flexibility index (Phi) is 4.96. The Morgan fingerprint density at radius 3 is 2.82 bits per heavy atom. The van der Waals surface area contributed by atoms with E-state index in [1.165, 1.54) is 18.4 Å². The Morgan fingerprint density at radius 1 is 1.71 bits per heavy atom. The summed E-state index contributed by atoms with van der Waals surface area (Å²) in [6, 6.07) is 0. The zero-order chi connectivity index (χ0) is 13.1. The molecule has 1 aliphatic carbocycles. The highest BCUT2D eigenvalue weighted by molar-refractivity contribution is 5.07. The van der Waals surface area contributed by atoms with Crippen molar-refractivity contribution < 1.29 is 5.11 Å². The fourth-order valence-corrected chi connectivity index (χ4v) is 2.46. The van der Waals surface area contributed by atoms with Crippen LogP contribution in [0.4, 0.5) is 0 Å². The molecule has 0 saturated carbocycles. The first-order valence-corrected chi connectivity index (χ1v) is 6.61. The lowest BCUT2D eigenvalue weighted by Crippen LogP contribution is -2.45. The van der Waals surface area contributed by atoms with Crippen LogP contribution in [-0.2, 0) is 0 Å². The third-order valence-corrected chi connectivity index (χ3v) is 4.10. The van der Waals surface area contributed by atoms with Crippen LogP contribution in [0.1, 0.15) is 52.9 Å². The Balaban J connectivity index is 2.48. The predicted molar refractivity (Wildman–Crippen MR) is 73.7 cm³/mol. The summed E-state index contributed by atoms with van der Waals surface area (Å²) >= 11 is 0. The lowest BCUT2D eigenvalue weighted by Gasteiger charge is -2.36. The van der Waals surface area contributed by atoms with E-state index in [0.717, 1.165) is 24.8 Å². The van der Waals surface area contributed by atoms with Gasteiger partial charge in [0, 0.05) is 5.54 Å². The molecule has 0 heterocycles.